The lowest BCUT2D eigenvalue weighted by molar-refractivity contribution is -0.0447. The van der Waals surface area contributed by atoms with E-state index >= 15 is 0 Å². The van der Waals surface area contributed by atoms with Gasteiger partial charge in [-0.05, 0) is 33.1 Å². The number of rotatable bonds is 4. The molecule has 1 aromatic heterocycles. The SMILES string of the molecule is CCN(CC)c1ncc(Cl)c(C(=O)N2CCO[C@@H]3CCC[C@H]32)n1. The Morgan fingerprint density at radius 3 is 2.96 bits per heavy atom. The van der Waals surface area contributed by atoms with Gasteiger partial charge in [-0.2, -0.15) is 0 Å². The smallest absolute Gasteiger partial charge is 0.274 e. The molecule has 0 N–H and O–H groups in total. The van der Waals surface area contributed by atoms with Crippen LogP contribution in [-0.2, 0) is 4.74 Å². The number of fused-ring (bicyclic) bond motifs is 1. The van der Waals surface area contributed by atoms with Crippen LogP contribution < -0.4 is 4.90 Å². The van der Waals surface area contributed by atoms with Crippen LogP contribution in [0.2, 0.25) is 5.02 Å². The van der Waals surface area contributed by atoms with Crippen molar-refractivity contribution in [1.29, 1.82) is 0 Å². The second kappa shape index (κ2) is 7.01. The number of carbonyl (C=O) groups excluding carboxylic acids is 1. The normalized spacial score (nSPS) is 23.7. The molecule has 0 unspecified atom stereocenters. The third-order valence-electron chi connectivity index (χ3n) is 4.72. The van der Waals surface area contributed by atoms with Crippen LogP contribution in [0.25, 0.3) is 0 Å². The molecule has 126 valence electrons. The number of hydrogen-bond donors (Lipinski definition) is 0. The molecule has 1 aliphatic heterocycles. The Labute approximate surface area is 141 Å². The van der Waals surface area contributed by atoms with Gasteiger partial charge in [-0.25, -0.2) is 9.97 Å². The second-order valence-electron chi connectivity index (χ2n) is 5.94. The molecular weight excluding hydrogens is 316 g/mol. The Morgan fingerprint density at radius 2 is 2.22 bits per heavy atom. The molecule has 1 saturated carbocycles. The lowest BCUT2D eigenvalue weighted by Gasteiger charge is -2.37. The molecule has 1 aromatic rings. The number of carbonyl (C=O) groups is 1. The molecule has 2 fully saturated rings. The maximum atomic E-state index is 13.0. The number of ether oxygens (including phenoxy) is 1. The summed E-state index contributed by atoms with van der Waals surface area (Å²) in [7, 11) is 0. The molecule has 6 nitrogen and oxygen atoms in total. The molecular formula is C16H23ClN4O2. The van der Waals surface area contributed by atoms with Gasteiger partial charge in [0.05, 0.1) is 30.0 Å². The summed E-state index contributed by atoms with van der Waals surface area (Å²) >= 11 is 6.22. The zero-order valence-corrected chi connectivity index (χ0v) is 14.4. The van der Waals surface area contributed by atoms with E-state index in [-0.39, 0.29) is 18.1 Å². The quantitative estimate of drug-likeness (QED) is 0.843. The maximum absolute atomic E-state index is 13.0. The molecule has 23 heavy (non-hydrogen) atoms. The van der Waals surface area contributed by atoms with Crippen molar-refractivity contribution in [3.05, 3.63) is 16.9 Å². The minimum Gasteiger partial charge on any atom is -0.374 e. The average molecular weight is 339 g/mol. The van der Waals surface area contributed by atoms with Gasteiger partial charge in [0.1, 0.15) is 0 Å². The van der Waals surface area contributed by atoms with Crippen molar-refractivity contribution in [2.75, 3.05) is 31.1 Å². The van der Waals surface area contributed by atoms with E-state index in [1.54, 1.807) is 0 Å². The fraction of sp³-hybridized carbons (Fsp3) is 0.688. The molecule has 3 rings (SSSR count). The number of morpholine rings is 1. The topological polar surface area (TPSA) is 58.6 Å². The zero-order valence-electron chi connectivity index (χ0n) is 13.7. The highest BCUT2D eigenvalue weighted by Gasteiger charge is 2.39. The fourth-order valence-electron chi connectivity index (χ4n) is 3.48. The van der Waals surface area contributed by atoms with E-state index < -0.39 is 0 Å². The number of hydrogen-bond acceptors (Lipinski definition) is 5. The summed E-state index contributed by atoms with van der Waals surface area (Å²) in [5.41, 5.74) is 0.302. The van der Waals surface area contributed by atoms with Crippen LogP contribution in [0.1, 0.15) is 43.6 Å². The van der Waals surface area contributed by atoms with E-state index in [1.165, 1.54) is 6.20 Å². The van der Waals surface area contributed by atoms with Gasteiger partial charge in [0.25, 0.3) is 5.91 Å². The van der Waals surface area contributed by atoms with E-state index in [2.05, 4.69) is 9.97 Å². The first kappa shape index (κ1) is 16.5. The highest BCUT2D eigenvalue weighted by atomic mass is 35.5. The van der Waals surface area contributed by atoms with E-state index in [4.69, 9.17) is 16.3 Å². The lowest BCUT2D eigenvalue weighted by Crippen LogP contribution is -2.51. The predicted molar refractivity (Wildman–Crippen MR) is 89.0 cm³/mol. The monoisotopic (exact) mass is 338 g/mol. The fourth-order valence-corrected chi connectivity index (χ4v) is 3.65. The summed E-state index contributed by atoms with van der Waals surface area (Å²) in [5, 5.41) is 0.312. The molecule has 1 saturated heterocycles. The summed E-state index contributed by atoms with van der Waals surface area (Å²) in [5.74, 6) is 0.449. The second-order valence-corrected chi connectivity index (χ2v) is 6.35. The Bertz CT molecular complexity index is 579. The first-order chi connectivity index (χ1) is 11.2. The molecule has 0 radical (unpaired) electrons. The Balaban J connectivity index is 1.87. The molecule has 0 bridgehead atoms. The summed E-state index contributed by atoms with van der Waals surface area (Å²) in [6, 6.07) is 0.152. The molecule has 2 heterocycles. The van der Waals surface area contributed by atoms with Crippen LogP contribution in [-0.4, -0.2) is 59.2 Å². The number of aromatic nitrogens is 2. The zero-order chi connectivity index (χ0) is 16.4. The molecule has 0 aromatic carbocycles. The van der Waals surface area contributed by atoms with Crippen LogP contribution in [0.5, 0.6) is 0 Å². The van der Waals surface area contributed by atoms with Crippen LogP contribution in [0, 0.1) is 0 Å². The van der Waals surface area contributed by atoms with Gasteiger partial charge in [-0.1, -0.05) is 11.6 Å². The molecule has 2 aliphatic rings. The Hall–Kier alpha value is -1.40. The van der Waals surface area contributed by atoms with Crippen molar-refractivity contribution in [2.45, 2.75) is 45.3 Å². The van der Waals surface area contributed by atoms with Crippen molar-refractivity contribution in [1.82, 2.24) is 14.9 Å². The summed E-state index contributed by atoms with van der Waals surface area (Å²) in [6.45, 7) is 6.82. The highest BCUT2D eigenvalue weighted by Crippen LogP contribution is 2.31. The van der Waals surface area contributed by atoms with E-state index in [0.717, 1.165) is 32.4 Å². The lowest BCUT2D eigenvalue weighted by atomic mass is 10.1. The van der Waals surface area contributed by atoms with E-state index in [0.29, 0.717) is 29.8 Å². The Morgan fingerprint density at radius 1 is 1.43 bits per heavy atom. The van der Waals surface area contributed by atoms with Crippen molar-refractivity contribution < 1.29 is 9.53 Å². The first-order valence-electron chi connectivity index (χ1n) is 8.35. The predicted octanol–water partition coefficient (Wildman–Crippen LogP) is 2.37. The van der Waals surface area contributed by atoms with Crippen molar-refractivity contribution in [2.24, 2.45) is 0 Å². The number of amides is 1. The highest BCUT2D eigenvalue weighted by molar-refractivity contribution is 6.33. The summed E-state index contributed by atoms with van der Waals surface area (Å²) in [6.07, 6.45) is 4.80. The van der Waals surface area contributed by atoms with Gasteiger partial charge < -0.3 is 14.5 Å². The number of nitrogens with zero attached hydrogens (tertiary/aromatic N) is 4. The Kier molecular flexibility index (Phi) is 5.02. The van der Waals surface area contributed by atoms with E-state index in [1.807, 2.05) is 23.6 Å². The molecule has 2 atom stereocenters. The van der Waals surface area contributed by atoms with E-state index in [9.17, 15) is 4.79 Å². The van der Waals surface area contributed by atoms with Gasteiger partial charge in [0.15, 0.2) is 5.69 Å². The van der Waals surface area contributed by atoms with Crippen molar-refractivity contribution in [3.63, 3.8) is 0 Å². The van der Waals surface area contributed by atoms with Crippen LogP contribution in [0.3, 0.4) is 0 Å². The number of halogens is 1. The maximum Gasteiger partial charge on any atom is 0.274 e. The van der Waals surface area contributed by atoms with Gasteiger partial charge in [0.2, 0.25) is 5.95 Å². The molecule has 0 spiro atoms. The molecule has 1 amide bonds. The largest absolute Gasteiger partial charge is 0.374 e. The third kappa shape index (κ3) is 3.15. The molecule has 7 heteroatoms. The minimum absolute atomic E-state index is 0.106. The van der Waals surface area contributed by atoms with Gasteiger partial charge >= 0.3 is 0 Å². The third-order valence-corrected chi connectivity index (χ3v) is 5.00. The number of anilines is 1. The summed E-state index contributed by atoms with van der Waals surface area (Å²) < 4.78 is 5.78. The van der Waals surface area contributed by atoms with Gasteiger partial charge in [-0.15, -0.1) is 0 Å². The van der Waals surface area contributed by atoms with Crippen LogP contribution in [0.4, 0.5) is 5.95 Å². The van der Waals surface area contributed by atoms with Crippen LogP contribution >= 0.6 is 11.6 Å². The first-order valence-corrected chi connectivity index (χ1v) is 8.73. The van der Waals surface area contributed by atoms with Crippen molar-refractivity contribution in [3.8, 4) is 0 Å². The molecule has 1 aliphatic carbocycles. The van der Waals surface area contributed by atoms with Crippen molar-refractivity contribution >= 4 is 23.5 Å². The summed E-state index contributed by atoms with van der Waals surface area (Å²) in [4.78, 5) is 25.6. The van der Waals surface area contributed by atoms with Crippen LogP contribution in [0.15, 0.2) is 6.20 Å². The standard InChI is InChI=1S/C16H23ClN4O2/c1-3-20(4-2)16-18-10-11(17)14(19-16)15(22)21-8-9-23-13-7-5-6-12(13)21/h10,12-13H,3-9H2,1-2H3/t12-,13-/m1/s1. The minimum atomic E-state index is -0.106. The van der Waals surface area contributed by atoms with Gasteiger partial charge in [0, 0.05) is 19.6 Å². The van der Waals surface area contributed by atoms with Gasteiger partial charge in [-0.3, -0.25) is 4.79 Å². The average Bonchev–Trinajstić information content (AvgIpc) is 3.05.